The van der Waals surface area contributed by atoms with E-state index in [0.717, 1.165) is 17.9 Å². The molecule has 0 aromatic carbocycles. The Hall–Kier alpha value is -1.82. The number of thiazole rings is 1. The highest BCUT2D eigenvalue weighted by atomic mass is 32.1. The molecule has 2 heterocycles. The van der Waals surface area contributed by atoms with E-state index in [1.807, 2.05) is 25.4 Å². The van der Waals surface area contributed by atoms with Gasteiger partial charge in [0.05, 0.1) is 30.0 Å². The van der Waals surface area contributed by atoms with Crippen LogP contribution in [0.1, 0.15) is 23.9 Å². The van der Waals surface area contributed by atoms with Crippen molar-refractivity contribution in [3.63, 3.8) is 0 Å². The molecule has 6 heteroatoms. The summed E-state index contributed by atoms with van der Waals surface area (Å²) in [5, 5.41) is 3.26. The van der Waals surface area contributed by atoms with Gasteiger partial charge in [0.25, 0.3) is 0 Å². The fourth-order valence-corrected chi connectivity index (χ4v) is 2.25. The minimum Gasteiger partial charge on any atom is -0.476 e. The van der Waals surface area contributed by atoms with Crippen LogP contribution < -0.4 is 15.8 Å². The van der Waals surface area contributed by atoms with E-state index in [9.17, 15) is 0 Å². The van der Waals surface area contributed by atoms with Gasteiger partial charge >= 0.3 is 0 Å². The molecule has 0 aliphatic carbocycles. The molecule has 0 saturated heterocycles. The van der Waals surface area contributed by atoms with Crippen LogP contribution >= 0.6 is 11.3 Å². The SMILES string of the molecule is CCCOc1nc(NCc2scnc2C)ccc1N. The van der Waals surface area contributed by atoms with Crippen molar-refractivity contribution in [3.8, 4) is 5.88 Å². The van der Waals surface area contributed by atoms with Gasteiger partial charge < -0.3 is 15.8 Å². The molecule has 0 bridgehead atoms. The predicted molar refractivity (Wildman–Crippen MR) is 78.6 cm³/mol. The average Bonchev–Trinajstić information content (AvgIpc) is 2.82. The molecule has 0 aliphatic rings. The van der Waals surface area contributed by atoms with E-state index in [1.54, 1.807) is 17.4 Å². The zero-order valence-electron chi connectivity index (χ0n) is 11.1. The molecule has 102 valence electrons. The number of hydrogen-bond donors (Lipinski definition) is 2. The van der Waals surface area contributed by atoms with E-state index in [2.05, 4.69) is 15.3 Å². The van der Waals surface area contributed by atoms with Crippen molar-refractivity contribution in [2.45, 2.75) is 26.8 Å². The molecule has 5 nitrogen and oxygen atoms in total. The van der Waals surface area contributed by atoms with Crippen molar-refractivity contribution < 1.29 is 4.74 Å². The number of nitrogens with two attached hydrogens (primary N) is 1. The summed E-state index contributed by atoms with van der Waals surface area (Å²) in [5.41, 5.74) is 9.28. The molecule has 0 aliphatic heterocycles. The van der Waals surface area contributed by atoms with Crippen LogP contribution in [-0.4, -0.2) is 16.6 Å². The number of nitrogen functional groups attached to an aromatic ring is 1. The number of aromatic nitrogens is 2. The Morgan fingerprint density at radius 2 is 2.26 bits per heavy atom. The molecule has 0 atom stereocenters. The first-order valence-electron chi connectivity index (χ1n) is 6.23. The van der Waals surface area contributed by atoms with Gasteiger partial charge in [-0.1, -0.05) is 6.92 Å². The average molecular weight is 278 g/mol. The van der Waals surface area contributed by atoms with Crippen LogP contribution in [0.3, 0.4) is 0 Å². The third kappa shape index (κ3) is 3.57. The lowest BCUT2D eigenvalue weighted by atomic mass is 10.3. The first-order valence-corrected chi connectivity index (χ1v) is 7.10. The summed E-state index contributed by atoms with van der Waals surface area (Å²) >= 11 is 1.63. The van der Waals surface area contributed by atoms with Gasteiger partial charge in [-0.15, -0.1) is 11.3 Å². The van der Waals surface area contributed by atoms with Crippen LogP contribution in [0.25, 0.3) is 0 Å². The van der Waals surface area contributed by atoms with Crippen LogP contribution in [0.5, 0.6) is 5.88 Å². The van der Waals surface area contributed by atoms with Gasteiger partial charge in [0.2, 0.25) is 5.88 Å². The summed E-state index contributed by atoms with van der Waals surface area (Å²) in [5.74, 6) is 1.25. The standard InChI is InChI=1S/C13H18N4OS/c1-3-6-18-13-10(14)4-5-12(17-13)15-7-11-9(2)16-8-19-11/h4-5,8H,3,6-7,14H2,1-2H3,(H,15,17). The van der Waals surface area contributed by atoms with E-state index in [4.69, 9.17) is 10.5 Å². The zero-order chi connectivity index (χ0) is 13.7. The van der Waals surface area contributed by atoms with Crippen molar-refractivity contribution in [2.75, 3.05) is 17.7 Å². The lowest BCUT2D eigenvalue weighted by Gasteiger charge is -2.10. The number of nitrogens with one attached hydrogen (secondary N) is 1. The highest BCUT2D eigenvalue weighted by molar-refractivity contribution is 7.09. The molecule has 0 spiro atoms. The summed E-state index contributed by atoms with van der Waals surface area (Å²) in [7, 11) is 0. The molecule has 0 saturated carbocycles. The van der Waals surface area contributed by atoms with Gasteiger partial charge in [-0.2, -0.15) is 4.98 Å². The van der Waals surface area contributed by atoms with E-state index >= 15 is 0 Å². The van der Waals surface area contributed by atoms with Gasteiger partial charge in [-0.25, -0.2) is 4.98 Å². The Labute approximate surface area is 116 Å². The van der Waals surface area contributed by atoms with Crippen LogP contribution in [0.4, 0.5) is 11.5 Å². The monoisotopic (exact) mass is 278 g/mol. The number of anilines is 2. The fourth-order valence-electron chi connectivity index (χ4n) is 1.53. The van der Waals surface area contributed by atoms with E-state index in [-0.39, 0.29) is 0 Å². The van der Waals surface area contributed by atoms with E-state index < -0.39 is 0 Å². The maximum atomic E-state index is 5.82. The highest BCUT2D eigenvalue weighted by Gasteiger charge is 2.05. The van der Waals surface area contributed by atoms with Gasteiger partial charge in [0.15, 0.2) is 0 Å². The molecule has 0 unspecified atom stereocenters. The van der Waals surface area contributed by atoms with Crippen molar-refractivity contribution in [3.05, 3.63) is 28.2 Å². The maximum Gasteiger partial charge on any atom is 0.239 e. The molecule has 3 N–H and O–H groups in total. The van der Waals surface area contributed by atoms with E-state index in [0.29, 0.717) is 24.7 Å². The molecule has 2 aromatic rings. The highest BCUT2D eigenvalue weighted by Crippen LogP contribution is 2.22. The smallest absolute Gasteiger partial charge is 0.239 e. The third-order valence-corrected chi connectivity index (χ3v) is 3.54. The normalized spacial score (nSPS) is 10.4. The topological polar surface area (TPSA) is 73.1 Å². The zero-order valence-corrected chi connectivity index (χ0v) is 12.0. The number of pyridine rings is 1. The second kappa shape index (κ2) is 6.38. The fraction of sp³-hybridized carbons (Fsp3) is 0.385. The molecule has 19 heavy (non-hydrogen) atoms. The number of nitrogens with zero attached hydrogens (tertiary/aromatic N) is 2. The van der Waals surface area contributed by atoms with Crippen molar-refractivity contribution in [1.29, 1.82) is 0 Å². The Morgan fingerprint density at radius 3 is 2.95 bits per heavy atom. The van der Waals surface area contributed by atoms with Gasteiger partial charge in [0, 0.05) is 4.88 Å². The predicted octanol–water partition coefficient (Wildman–Crippen LogP) is 2.83. The number of hydrogen-bond acceptors (Lipinski definition) is 6. The minimum atomic E-state index is 0.493. The van der Waals surface area contributed by atoms with Crippen LogP contribution in [0.15, 0.2) is 17.6 Å². The molecular weight excluding hydrogens is 260 g/mol. The number of aryl methyl sites for hydroxylation is 1. The van der Waals surface area contributed by atoms with Crippen LogP contribution in [-0.2, 0) is 6.54 Å². The molecule has 2 rings (SSSR count). The Balaban J connectivity index is 2.02. The summed E-state index contributed by atoms with van der Waals surface area (Å²) < 4.78 is 5.50. The summed E-state index contributed by atoms with van der Waals surface area (Å²) in [6.45, 7) is 5.37. The first kappa shape index (κ1) is 13.6. The Bertz CT molecular complexity index is 541. The van der Waals surface area contributed by atoms with Gasteiger partial charge in [-0.05, 0) is 25.5 Å². The van der Waals surface area contributed by atoms with Gasteiger partial charge in [0.1, 0.15) is 5.82 Å². The lowest BCUT2D eigenvalue weighted by Crippen LogP contribution is -2.05. The van der Waals surface area contributed by atoms with Crippen molar-refractivity contribution >= 4 is 22.8 Å². The second-order valence-corrected chi connectivity index (χ2v) is 5.09. The molecule has 0 radical (unpaired) electrons. The molecule has 0 fully saturated rings. The summed E-state index contributed by atoms with van der Waals surface area (Å²) in [6, 6.07) is 3.66. The first-order chi connectivity index (χ1) is 9.20. The largest absolute Gasteiger partial charge is 0.476 e. The Morgan fingerprint density at radius 1 is 1.42 bits per heavy atom. The lowest BCUT2D eigenvalue weighted by molar-refractivity contribution is 0.307. The van der Waals surface area contributed by atoms with Crippen molar-refractivity contribution in [1.82, 2.24) is 9.97 Å². The molecular formula is C13H18N4OS. The summed E-state index contributed by atoms with van der Waals surface area (Å²) in [4.78, 5) is 9.78. The molecule has 2 aromatic heterocycles. The number of rotatable bonds is 6. The molecule has 0 amide bonds. The third-order valence-electron chi connectivity index (χ3n) is 2.61. The number of ether oxygens (including phenoxy) is 1. The van der Waals surface area contributed by atoms with Crippen LogP contribution in [0, 0.1) is 6.92 Å². The van der Waals surface area contributed by atoms with Crippen molar-refractivity contribution in [2.24, 2.45) is 0 Å². The second-order valence-electron chi connectivity index (χ2n) is 4.15. The minimum absolute atomic E-state index is 0.493. The van der Waals surface area contributed by atoms with Gasteiger partial charge in [-0.3, -0.25) is 0 Å². The van der Waals surface area contributed by atoms with Crippen LogP contribution in [0.2, 0.25) is 0 Å². The maximum absolute atomic E-state index is 5.82. The quantitative estimate of drug-likeness (QED) is 0.850. The van der Waals surface area contributed by atoms with E-state index in [1.165, 1.54) is 4.88 Å². The Kier molecular flexibility index (Phi) is 4.57. The summed E-state index contributed by atoms with van der Waals surface area (Å²) in [6.07, 6.45) is 0.929.